The number of carbonyl (C=O) groups is 2. The van der Waals surface area contributed by atoms with Crippen LogP contribution in [0, 0.1) is 0 Å². The molecule has 0 saturated carbocycles. The number of imidazole rings is 2. The number of fused-ring (bicyclic) bond motifs is 1. The number of nitrogens with zero attached hydrogens (tertiary/aromatic N) is 4. The average Bonchev–Trinajstić information content (AvgIpc) is 3.23. The number of benzene rings is 1. The lowest BCUT2D eigenvalue weighted by Gasteiger charge is -2.29. The van der Waals surface area contributed by atoms with Crippen LogP contribution in [0.5, 0.6) is 0 Å². The van der Waals surface area contributed by atoms with Crippen LogP contribution in [0.25, 0.3) is 11.0 Å². The van der Waals surface area contributed by atoms with Gasteiger partial charge in [-0.3, -0.25) is 20.4 Å². The van der Waals surface area contributed by atoms with E-state index in [4.69, 9.17) is 0 Å². The maximum atomic E-state index is 13.5. The molecule has 0 aliphatic carbocycles. The van der Waals surface area contributed by atoms with Crippen molar-refractivity contribution in [2.45, 2.75) is 24.6 Å². The number of alkyl halides is 3. The molecule has 12 heteroatoms. The van der Waals surface area contributed by atoms with Crippen LogP contribution in [0.2, 0.25) is 0 Å². The first-order valence-electron chi connectivity index (χ1n) is 8.78. The minimum Gasteiger partial charge on any atom is -0.374 e. The lowest BCUT2D eigenvalue weighted by atomic mass is 9.97. The van der Waals surface area contributed by atoms with Gasteiger partial charge < -0.3 is 14.2 Å². The molecule has 3 rings (SSSR count). The minimum atomic E-state index is -5.17. The molecule has 0 aliphatic heterocycles. The number of hydrogen-bond acceptors (Lipinski definition) is 5. The molecule has 30 heavy (non-hydrogen) atoms. The van der Waals surface area contributed by atoms with E-state index < -0.39 is 35.8 Å². The van der Waals surface area contributed by atoms with Gasteiger partial charge in [-0.25, -0.2) is 9.97 Å². The van der Waals surface area contributed by atoms with Crippen molar-refractivity contribution in [3.63, 3.8) is 0 Å². The fourth-order valence-electron chi connectivity index (χ4n) is 3.03. The Morgan fingerprint density at radius 2 is 1.80 bits per heavy atom. The molecule has 0 fully saturated rings. The predicted molar refractivity (Wildman–Crippen MR) is 98.5 cm³/mol. The first kappa shape index (κ1) is 21.3. The van der Waals surface area contributed by atoms with Crippen molar-refractivity contribution >= 4 is 22.8 Å². The number of amides is 2. The maximum absolute atomic E-state index is 13.5. The van der Waals surface area contributed by atoms with E-state index >= 15 is 0 Å². The minimum absolute atomic E-state index is 0.214. The Balaban J connectivity index is 1.65. The molecular formula is C18H19F3N6O3. The van der Waals surface area contributed by atoms with E-state index in [1.807, 2.05) is 23.0 Å². The van der Waals surface area contributed by atoms with Gasteiger partial charge >= 0.3 is 6.18 Å². The highest BCUT2D eigenvalue weighted by Crippen LogP contribution is 2.40. The summed E-state index contributed by atoms with van der Waals surface area (Å²) < 4.78 is 43.0. The topological polar surface area (TPSA) is 114 Å². The zero-order valence-electron chi connectivity index (χ0n) is 16.1. The number of hydrazine groups is 1. The summed E-state index contributed by atoms with van der Waals surface area (Å²) in [7, 11) is 2.97. The summed E-state index contributed by atoms with van der Waals surface area (Å²) >= 11 is 0. The van der Waals surface area contributed by atoms with Crippen molar-refractivity contribution in [3.05, 3.63) is 48.3 Å². The molecule has 0 bridgehead atoms. The van der Waals surface area contributed by atoms with Crippen LogP contribution >= 0.6 is 0 Å². The molecule has 2 aromatic heterocycles. The molecule has 0 spiro atoms. The quantitative estimate of drug-likeness (QED) is 0.525. The van der Waals surface area contributed by atoms with Gasteiger partial charge in [0.1, 0.15) is 5.82 Å². The van der Waals surface area contributed by atoms with Crippen LogP contribution in [0.3, 0.4) is 0 Å². The average molecular weight is 424 g/mol. The summed E-state index contributed by atoms with van der Waals surface area (Å²) in [6, 6.07) is 7.20. The number of aliphatic hydroxyl groups is 1. The first-order chi connectivity index (χ1) is 14.0. The largest absolute Gasteiger partial charge is 0.425 e. The molecule has 9 nitrogen and oxygen atoms in total. The standard InChI is InChI=1S/C18H19F3N6O3/c1-26-8-7-22-16(26)17(30,18(19,20)21)10-15(29)25-24-14(28)9-13-23-11-5-3-4-6-12(11)27(13)2/h3-8,30H,9-10H2,1-2H3,(H,24,28)(H,25,29). The molecule has 1 atom stereocenters. The second-order valence-corrected chi connectivity index (χ2v) is 6.75. The van der Waals surface area contributed by atoms with Crippen LogP contribution in [-0.4, -0.2) is 42.2 Å². The van der Waals surface area contributed by atoms with Crippen molar-refractivity contribution in [1.29, 1.82) is 0 Å². The summed E-state index contributed by atoms with van der Waals surface area (Å²) in [4.78, 5) is 32.0. The number of para-hydroxylation sites is 2. The zero-order valence-corrected chi connectivity index (χ0v) is 16.1. The van der Waals surface area contributed by atoms with Gasteiger partial charge in [0.15, 0.2) is 5.82 Å². The van der Waals surface area contributed by atoms with Crippen LogP contribution in [0.15, 0.2) is 36.7 Å². The SMILES string of the molecule is Cn1ccnc1C(O)(CC(=O)NNC(=O)Cc1nc2ccccc2n1C)C(F)(F)F. The van der Waals surface area contributed by atoms with Gasteiger partial charge in [0, 0.05) is 26.5 Å². The molecule has 0 radical (unpaired) electrons. The Morgan fingerprint density at radius 3 is 2.40 bits per heavy atom. The normalized spacial score (nSPS) is 13.8. The first-order valence-corrected chi connectivity index (χ1v) is 8.78. The van der Waals surface area contributed by atoms with Gasteiger partial charge in [-0.2, -0.15) is 13.2 Å². The van der Waals surface area contributed by atoms with Gasteiger partial charge in [0.2, 0.25) is 17.4 Å². The third-order valence-electron chi connectivity index (χ3n) is 4.62. The highest BCUT2D eigenvalue weighted by atomic mass is 19.4. The Hall–Kier alpha value is -3.41. The van der Waals surface area contributed by atoms with E-state index in [1.54, 1.807) is 23.7 Å². The number of aryl methyl sites for hydroxylation is 2. The number of nitrogens with one attached hydrogen (secondary N) is 2. The Morgan fingerprint density at radius 1 is 1.13 bits per heavy atom. The third kappa shape index (κ3) is 3.99. The lowest BCUT2D eigenvalue weighted by molar-refractivity contribution is -0.271. The van der Waals surface area contributed by atoms with Gasteiger partial charge in [0.25, 0.3) is 0 Å². The van der Waals surface area contributed by atoms with Crippen LogP contribution in [0.1, 0.15) is 18.1 Å². The van der Waals surface area contributed by atoms with Crippen molar-refractivity contribution in [2.75, 3.05) is 0 Å². The second-order valence-electron chi connectivity index (χ2n) is 6.75. The number of hydrogen-bond donors (Lipinski definition) is 3. The van der Waals surface area contributed by atoms with Gasteiger partial charge in [-0.1, -0.05) is 12.1 Å². The molecule has 0 aliphatic rings. The Kier molecular flexibility index (Phi) is 5.53. The Labute approximate surface area is 168 Å². The second kappa shape index (κ2) is 7.78. The van der Waals surface area contributed by atoms with Crippen molar-refractivity contribution < 1.29 is 27.9 Å². The van der Waals surface area contributed by atoms with E-state index in [0.717, 1.165) is 16.3 Å². The smallest absolute Gasteiger partial charge is 0.374 e. The van der Waals surface area contributed by atoms with E-state index in [1.165, 1.54) is 13.2 Å². The van der Waals surface area contributed by atoms with Crippen LogP contribution in [-0.2, 0) is 35.7 Å². The molecular weight excluding hydrogens is 405 g/mol. The van der Waals surface area contributed by atoms with Gasteiger partial charge in [-0.05, 0) is 12.1 Å². The fourth-order valence-corrected chi connectivity index (χ4v) is 3.03. The molecule has 1 unspecified atom stereocenters. The Bertz CT molecular complexity index is 1090. The zero-order chi connectivity index (χ0) is 22.1. The van der Waals surface area contributed by atoms with Crippen molar-refractivity contribution in [2.24, 2.45) is 14.1 Å². The monoisotopic (exact) mass is 424 g/mol. The van der Waals surface area contributed by atoms with E-state index in [9.17, 15) is 27.9 Å². The summed E-state index contributed by atoms with van der Waals surface area (Å²) in [6.07, 6.45) is -4.48. The molecule has 2 amide bonds. The highest BCUT2D eigenvalue weighted by Gasteiger charge is 2.58. The molecule has 160 valence electrons. The third-order valence-corrected chi connectivity index (χ3v) is 4.62. The molecule has 3 aromatic rings. The number of aromatic nitrogens is 4. The van der Waals surface area contributed by atoms with Gasteiger partial charge in [0.05, 0.1) is 23.9 Å². The summed E-state index contributed by atoms with van der Waals surface area (Å²) in [5.41, 5.74) is 1.89. The van der Waals surface area contributed by atoms with Crippen LogP contribution < -0.4 is 10.9 Å². The number of halogens is 3. The van der Waals surface area contributed by atoms with E-state index in [-0.39, 0.29) is 6.42 Å². The molecule has 2 heterocycles. The van der Waals surface area contributed by atoms with Crippen molar-refractivity contribution in [1.82, 2.24) is 30.0 Å². The predicted octanol–water partition coefficient (Wildman–Crippen LogP) is 0.837. The fraction of sp³-hybridized carbons (Fsp3) is 0.333. The highest BCUT2D eigenvalue weighted by molar-refractivity contribution is 5.84. The number of carbonyl (C=O) groups excluding carboxylic acids is 2. The van der Waals surface area contributed by atoms with E-state index in [2.05, 4.69) is 9.97 Å². The molecule has 3 N–H and O–H groups in total. The summed E-state index contributed by atoms with van der Waals surface area (Å²) in [5.74, 6) is -2.26. The number of rotatable bonds is 5. The lowest BCUT2D eigenvalue weighted by Crippen LogP contribution is -2.50. The van der Waals surface area contributed by atoms with Crippen molar-refractivity contribution in [3.8, 4) is 0 Å². The molecule has 0 saturated heterocycles. The maximum Gasteiger partial charge on any atom is 0.425 e. The van der Waals surface area contributed by atoms with E-state index in [0.29, 0.717) is 11.3 Å². The molecule has 1 aromatic carbocycles. The summed E-state index contributed by atoms with van der Waals surface area (Å²) in [5, 5.41) is 10.2. The summed E-state index contributed by atoms with van der Waals surface area (Å²) in [6.45, 7) is 0. The van der Waals surface area contributed by atoms with Crippen LogP contribution in [0.4, 0.5) is 13.2 Å². The van der Waals surface area contributed by atoms with Gasteiger partial charge in [-0.15, -0.1) is 0 Å².